The minimum absolute atomic E-state index is 0.0000773. The van der Waals surface area contributed by atoms with Crippen molar-refractivity contribution in [3.63, 3.8) is 0 Å². The van der Waals surface area contributed by atoms with Crippen molar-refractivity contribution in [3.8, 4) is 23.0 Å². The SMILES string of the molecule is COc1nccc(NS(=O)(=O)c2ccc3c(-c4ccc(C(F)(F)F)cc4OC)nccc3c2)n1. The van der Waals surface area contributed by atoms with E-state index in [0.29, 0.717) is 22.0 Å². The third-order valence-corrected chi connectivity index (χ3v) is 6.24. The highest BCUT2D eigenvalue weighted by Gasteiger charge is 2.31. The molecule has 0 amide bonds. The first kappa shape index (κ1) is 23.2. The van der Waals surface area contributed by atoms with Crippen LogP contribution in [0, 0.1) is 0 Å². The number of pyridine rings is 1. The molecular formula is C22H17F3N4O4S. The molecule has 0 fully saturated rings. The summed E-state index contributed by atoms with van der Waals surface area (Å²) in [6.07, 6.45) is -1.74. The number of fused-ring (bicyclic) bond motifs is 1. The number of methoxy groups -OCH3 is 2. The van der Waals surface area contributed by atoms with Crippen LogP contribution in [0.3, 0.4) is 0 Å². The topological polar surface area (TPSA) is 103 Å². The summed E-state index contributed by atoms with van der Waals surface area (Å²) >= 11 is 0. The zero-order valence-electron chi connectivity index (χ0n) is 17.8. The maximum Gasteiger partial charge on any atom is 0.416 e. The predicted molar refractivity (Wildman–Crippen MR) is 118 cm³/mol. The zero-order valence-corrected chi connectivity index (χ0v) is 18.6. The van der Waals surface area contributed by atoms with Gasteiger partial charge in [-0.1, -0.05) is 6.07 Å². The van der Waals surface area contributed by atoms with Crippen LogP contribution in [0.15, 0.2) is 65.8 Å². The van der Waals surface area contributed by atoms with E-state index >= 15 is 0 Å². The number of nitrogens with one attached hydrogen (secondary N) is 1. The summed E-state index contributed by atoms with van der Waals surface area (Å²) in [5.74, 6) is 0.0164. The molecule has 4 rings (SSSR count). The fourth-order valence-electron chi connectivity index (χ4n) is 3.29. The van der Waals surface area contributed by atoms with Gasteiger partial charge in [-0.2, -0.15) is 18.2 Å². The maximum absolute atomic E-state index is 13.1. The molecular weight excluding hydrogens is 473 g/mol. The molecule has 1 N–H and O–H groups in total. The molecule has 0 bridgehead atoms. The lowest BCUT2D eigenvalue weighted by atomic mass is 10.0. The van der Waals surface area contributed by atoms with Gasteiger partial charge in [0.15, 0.2) is 0 Å². The van der Waals surface area contributed by atoms with Crippen molar-refractivity contribution >= 4 is 26.6 Å². The van der Waals surface area contributed by atoms with Gasteiger partial charge in [0.05, 0.1) is 30.4 Å². The summed E-state index contributed by atoms with van der Waals surface area (Å²) in [6, 6.07) is 10.4. The molecule has 2 aromatic carbocycles. The van der Waals surface area contributed by atoms with E-state index in [1.165, 1.54) is 56.9 Å². The lowest BCUT2D eigenvalue weighted by Gasteiger charge is -2.14. The monoisotopic (exact) mass is 490 g/mol. The van der Waals surface area contributed by atoms with E-state index in [1.807, 2.05) is 0 Å². The Morgan fingerprint density at radius 2 is 1.68 bits per heavy atom. The van der Waals surface area contributed by atoms with E-state index in [4.69, 9.17) is 9.47 Å². The number of benzene rings is 2. The fourth-order valence-corrected chi connectivity index (χ4v) is 4.33. The Bertz CT molecular complexity index is 1480. The van der Waals surface area contributed by atoms with Crippen LogP contribution in [-0.4, -0.2) is 37.6 Å². The van der Waals surface area contributed by atoms with E-state index in [1.54, 1.807) is 6.07 Å². The van der Waals surface area contributed by atoms with Crippen molar-refractivity contribution in [2.45, 2.75) is 11.1 Å². The number of ether oxygens (including phenoxy) is 2. The van der Waals surface area contributed by atoms with Crippen LogP contribution in [0.4, 0.5) is 19.0 Å². The molecule has 12 heteroatoms. The van der Waals surface area contributed by atoms with Crippen LogP contribution >= 0.6 is 0 Å². The van der Waals surface area contributed by atoms with Crippen molar-refractivity contribution in [2.24, 2.45) is 0 Å². The third-order valence-electron chi connectivity index (χ3n) is 4.89. The molecule has 0 aliphatic rings. The molecule has 0 unspecified atom stereocenters. The van der Waals surface area contributed by atoms with Gasteiger partial charge in [0.2, 0.25) is 0 Å². The van der Waals surface area contributed by atoms with Gasteiger partial charge >= 0.3 is 12.2 Å². The summed E-state index contributed by atoms with van der Waals surface area (Å²) in [5.41, 5.74) is -0.169. The summed E-state index contributed by atoms with van der Waals surface area (Å²) in [7, 11) is -1.39. The molecule has 0 atom stereocenters. The van der Waals surface area contributed by atoms with Crippen molar-refractivity contribution in [3.05, 3.63) is 66.5 Å². The second-order valence-electron chi connectivity index (χ2n) is 6.99. The molecule has 176 valence electrons. The largest absolute Gasteiger partial charge is 0.496 e. The van der Waals surface area contributed by atoms with Crippen molar-refractivity contribution in [1.29, 1.82) is 0 Å². The van der Waals surface area contributed by atoms with Crippen molar-refractivity contribution in [2.75, 3.05) is 18.9 Å². The average molecular weight is 490 g/mol. The molecule has 34 heavy (non-hydrogen) atoms. The van der Waals surface area contributed by atoms with Crippen LogP contribution in [0.2, 0.25) is 0 Å². The van der Waals surface area contributed by atoms with Gasteiger partial charge in [-0.3, -0.25) is 9.71 Å². The van der Waals surface area contributed by atoms with Gasteiger partial charge in [-0.15, -0.1) is 0 Å². The molecule has 2 aromatic heterocycles. The Balaban J connectivity index is 1.75. The van der Waals surface area contributed by atoms with Gasteiger partial charge in [0, 0.05) is 29.4 Å². The Morgan fingerprint density at radius 3 is 2.38 bits per heavy atom. The fraction of sp³-hybridized carbons (Fsp3) is 0.136. The first-order chi connectivity index (χ1) is 16.1. The van der Waals surface area contributed by atoms with Gasteiger partial charge in [-0.05, 0) is 41.8 Å². The van der Waals surface area contributed by atoms with E-state index in [0.717, 1.165) is 12.1 Å². The van der Waals surface area contributed by atoms with Crippen molar-refractivity contribution < 1.29 is 31.1 Å². The molecule has 8 nitrogen and oxygen atoms in total. The number of alkyl halides is 3. The zero-order chi connectivity index (χ0) is 24.5. The molecule has 2 heterocycles. The number of sulfonamides is 1. The minimum Gasteiger partial charge on any atom is -0.496 e. The predicted octanol–water partition coefficient (Wildman–Crippen LogP) is 4.53. The quantitative estimate of drug-likeness (QED) is 0.424. The smallest absolute Gasteiger partial charge is 0.416 e. The van der Waals surface area contributed by atoms with E-state index in [-0.39, 0.29) is 22.5 Å². The lowest BCUT2D eigenvalue weighted by Crippen LogP contribution is -2.14. The van der Waals surface area contributed by atoms with Gasteiger partial charge in [0.1, 0.15) is 11.6 Å². The highest BCUT2D eigenvalue weighted by molar-refractivity contribution is 7.92. The van der Waals surface area contributed by atoms with E-state index < -0.39 is 21.8 Å². The number of anilines is 1. The number of halogens is 3. The van der Waals surface area contributed by atoms with Crippen LogP contribution in [-0.2, 0) is 16.2 Å². The van der Waals surface area contributed by atoms with Crippen molar-refractivity contribution in [1.82, 2.24) is 15.0 Å². The number of hydrogen-bond donors (Lipinski definition) is 1. The summed E-state index contributed by atoms with van der Waals surface area (Å²) < 4.78 is 77.5. The molecule has 0 saturated carbocycles. The first-order valence-electron chi connectivity index (χ1n) is 9.66. The maximum atomic E-state index is 13.1. The summed E-state index contributed by atoms with van der Waals surface area (Å²) in [5, 5.41) is 1.04. The summed E-state index contributed by atoms with van der Waals surface area (Å²) in [4.78, 5) is 12.0. The van der Waals surface area contributed by atoms with Crippen LogP contribution in [0.5, 0.6) is 11.8 Å². The summed E-state index contributed by atoms with van der Waals surface area (Å²) in [6.45, 7) is 0. The normalized spacial score (nSPS) is 11.9. The highest BCUT2D eigenvalue weighted by Crippen LogP contribution is 2.38. The number of aromatic nitrogens is 3. The Morgan fingerprint density at radius 1 is 0.912 bits per heavy atom. The lowest BCUT2D eigenvalue weighted by molar-refractivity contribution is -0.137. The number of nitrogens with zero attached hydrogens (tertiary/aromatic N) is 3. The average Bonchev–Trinajstić information content (AvgIpc) is 2.82. The molecule has 0 saturated heterocycles. The standard InChI is InChI=1S/C22H17F3N4O4S/c1-32-18-12-14(22(23,24)25)3-5-17(18)20-16-6-4-15(11-13(16)7-9-26-20)34(30,31)29-19-8-10-27-21(28-19)33-2/h3-12H,1-2H3,(H,27,28,29). The molecule has 0 radical (unpaired) electrons. The Kier molecular flexibility index (Phi) is 6.00. The number of hydrogen-bond acceptors (Lipinski definition) is 7. The van der Waals surface area contributed by atoms with Gasteiger partial charge in [-0.25, -0.2) is 13.4 Å². The molecule has 0 aliphatic carbocycles. The van der Waals surface area contributed by atoms with Crippen LogP contribution < -0.4 is 14.2 Å². The van der Waals surface area contributed by atoms with Crippen LogP contribution in [0.1, 0.15) is 5.56 Å². The molecule has 0 aliphatic heterocycles. The number of rotatable bonds is 6. The Hall–Kier alpha value is -3.93. The Labute approximate surface area is 192 Å². The van der Waals surface area contributed by atoms with Crippen LogP contribution in [0.25, 0.3) is 22.0 Å². The highest BCUT2D eigenvalue weighted by atomic mass is 32.2. The minimum atomic E-state index is -4.53. The third kappa shape index (κ3) is 4.57. The molecule has 0 spiro atoms. The molecule has 4 aromatic rings. The van der Waals surface area contributed by atoms with E-state index in [9.17, 15) is 21.6 Å². The van der Waals surface area contributed by atoms with Gasteiger partial charge in [0.25, 0.3) is 10.0 Å². The second-order valence-corrected chi connectivity index (χ2v) is 8.67. The van der Waals surface area contributed by atoms with E-state index in [2.05, 4.69) is 19.7 Å². The first-order valence-corrected chi connectivity index (χ1v) is 11.1. The second kappa shape index (κ2) is 8.78. The van der Waals surface area contributed by atoms with Gasteiger partial charge < -0.3 is 9.47 Å².